The maximum Gasteiger partial charge on any atom is 0.317 e. The van der Waals surface area contributed by atoms with Crippen LogP contribution in [0.1, 0.15) is 18.5 Å². The van der Waals surface area contributed by atoms with Gasteiger partial charge in [0.2, 0.25) is 0 Å². The third kappa shape index (κ3) is 4.21. The monoisotopic (exact) mass is 340 g/mol. The third-order valence-electron chi connectivity index (χ3n) is 4.25. The van der Waals surface area contributed by atoms with Gasteiger partial charge >= 0.3 is 6.03 Å². The molecule has 0 saturated carbocycles. The maximum atomic E-state index is 12.3. The molecule has 0 fully saturated rings. The Bertz CT molecular complexity index is 819. The first-order valence-electron chi connectivity index (χ1n) is 8.47. The van der Waals surface area contributed by atoms with E-state index in [1.54, 1.807) is 18.1 Å². The van der Waals surface area contributed by atoms with E-state index in [0.717, 1.165) is 29.1 Å². The number of amides is 2. The average molecular weight is 340 g/mol. The van der Waals surface area contributed by atoms with E-state index in [9.17, 15) is 4.79 Å². The van der Waals surface area contributed by atoms with Crippen molar-refractivity contribution in [1.82, 2.24) is 19.8 Å². The van der Waals surface area contributed by atoms with Crippen molar-refractivity contribution in [3.63, 3.8) is 0 Å². The molecule has 0 spiro atoms. The Morgan fingerprint density at radius 3 is 2.92 bits per heavy atom. The number of furan rings is 1. The fraction of sp³-hybridized carbons (Fsp3) is 0.368. The first kappa shape index (κ1) is 17.1. The first-order valence-corrected chi connectivity index (χ1v) is 8.47. The van der Waals surface area contributed by atoms with E-state index in [1.807, 2.05) is 43.5 Å². The molecule has 0 aliphatic rings. The van der Waals surface area contributed by atoms with Crippen LogP contribution in [0.5, 0.6) is 0 Å². The average Bonchev–Trinajstić information content (AvgIpc) is 3.18. The molecule has 0 aliphatic heterocycles. The summed E-state index contributed by atoms with van der Waals surface area (Å²) >= 11 is 0. The van der Waals surface area contributed by atoms with Gasteiger partial charge in [-0.25, -0.2) is 9.78 Å². The summed E-state index contributed by atoms with van der Waals surface area (Å²) in [5.74, 6) is 2.08. The number of nitrogens with zero attached hydrogens (tertiary/aromatic N) is 3. The Hall–Kier alpha value is -2.76. The molecular weight excluding hydrogens is 316 g/mol. The van der Waals surface area contributed by atoms with Crippen LogP contribution in [0.2, 0.25) is 0 Å². The van der Waals surface area contributed by atoms with E-state index in [1.165, 1.54) is 0 Å². The second-order valence-corrected chi connectivity index (χ2v) is 6.52. The Morgan fingerprint density at radius 1 is 1.40 bits per heavy atom. The van der Waals surface area contributed by atoms with Gasteiger partial charge in [0.15, 0.2) is 0 Å². The fourth-order valence-electron chi connectivity index (χ4n) is 2.81. The quantitative estimate of drug-likeness (QED) is 0.748. The molecule has 0 radical (unpaired) electrons. The van der Waals surface area contributed by atoms with E-state index in [2.05, 4.69) is 21.8 Å². The zero-order valence-electron chi connectivity index (χ0n) is 14.9. The number of nitrogens with one attached hydrogen (secondary N) is 1. The summed E-state index contributed by atoms with van der Waals surface area (Å²) in [4.78, 5) is 18.1. The predicted molar refractivity (Wildman–Crippen MR) is 97.2 cm³/mol. The molecule has 2 amide bonds. The molecule has 1 aromatic carbocycles. The lowest BCUT2D eigenvalue weighted by Crippen LogP contribution is -2.39. The van der Waals surface area contributed by atoms with Crippen LogP contribution in [-0.2, 0) is 13.1 Å². The Morgan fingerprint density at radius 2 is 2.20 bits per heavy atom. The third-order valence-corrected chi connectivity index (χ3v) is 4.25. The second-order valence-electron chi connectivity index (χ2n) is 6.52. The number of imidazole rings is 1. The van der Waals surface area contributed by atoms with E-state index < -0.39 is 0 Å². The van der Waals surface area contributed by atoms with Crippen molar-refractivity contribution in [2.45, 2.75) is 26.9 Å². The molecule has 6 nitrogen and oxygen atoms in total. The number of hydrogen-bond donors (Lipinski definition) is 1. The van der Waals surface area contributed by atoms with Gasteiger partial charge in [-0.05, 0) is 25.0 Å². The minimum atomic E-state index is -0.102. The molecule has 132 valence electrons. The molecule has 6 heteroatoms. The zero-order valence-corrected chi connectivity index (χ0v) is 14.9. The molecule has 3 rings (SSSR count). The zero-order chi connectivity index (χ0) is 17.8. The Labute approximate surface area is 147 Å². The lowest BCUT2D eigenvalue weighted by Gasteiger charge is -2.19. The topological polar surface area (TPSA) is 63.3 Å². The number of aryl methyl sites for hydroxylation is 1. The molecule has 2 aromatic heterocycles. The number of hydrogen-bond acceptors (Lipinski definition) is 3. The molecule has 1 N–H and O–H groups in total. The maximum absolute atomic E-state index is 12.3. The van der Waals surface area contributed by atoms with Crippen LogP contribution in [0.15, 0.2) is 47.1 Å². The summed E-state index contributed by atoms with van der Waals surface area (Å²) in [6.45, 7) is 5.97. The highest BCUT2D eigenvalue weighted by molar-refractivity contribution is 5.78. The van der Waals surface area contributed by atoms with Crippen LogP contribution < -0.4 is 5.32 Å². The molecule has 0 saturated heterocycles. The van der Waals surface area contributed by atoms with Gasteiger partial charge in [0.25, 0.3) is 0 Å². The Balaban J connectivity index is 1.49. The van der Waals surface area contributed by atoms with Crippen LogP contribution in [0.3, 0.4) is 0 Å². The molecule has 3 aromatic rings. The molecule has 1 atom stereocenters. The lowest BCUT2D eigenvalue weighted by atomic mass is 10.2. The summed E-state index contributed by atoms with van der Waals surface area (Å²) in [5.41, 5.74) is 0.843. The van der Waals surface area contributed by atoms with Gasteiger partial charge in [-0.2, -0.15) is 0 Å². The lowest BCUT2D eigenvalue weighted by molar-refractivity contribution is 0.201. The van der Waals surface area contributed by atoms with Gasteiger partial charge < -0.3 is 19.2 Å². The van der Waals surface area contributed by atoms with E-state index in [4.69, 9.17) is 4.42 Å². The van der Waals surface area contributed by atoms with Crippen LogP contribution in [0.4, 0.5) is 4.79 Å². The molecule has 0 bridgehead atoms. The van der Waals surface area contributed by atoms with E-state index in [-0.39, 0.29) is 6.03 Å². The normalized spacial score (nSPS) is 12.3. The second kappa shape index (κ2) is 7.42. The molecule has 1 unspecified atom stereocenters. The summed E-state index contributed by atoms with van der Waals surface area (Å²) < 4.78 is 7.86. The summed E-state index contributed by atoms with van der Waals surface area (Å²) in [5, 5.41) is 4.03. The number of aromatic nitrogens is 2. The summed E-state index contributed by atoms with van der Waals surface area (Å²) in [6.07, 6.45) is 3.75. The number of urea groups is 1. The van der Waals surface area contributed by atoms with Gasteiger partial charge in [-0.3, -0.25) is 0 Å². The van der Waals surface area contributed by atoms with Crippen molar-refractivity contribution < 1.29 is 9.21 Å². The van der Waals surface area contributed by atoms with Crippen molar-refractivity contribution >= 4 is 17.0 Å². The highest BCUT2D eigenvalue weighted by Crippen LogP contribution is 2.19. The standard InChI is InChI=1S/C19H24N4O2/c1-14(12-23-9-8-20-15(23)2)11-21-19(24)22(3)13-17-10-16-6-4-5-7-18(16)25-17/h4-10,14H,11-13H2,1-3H3,(H,21,24). The molecular formula is C19H24N4O2. The number of benzene rings is 1. The van der Waals surface area contributed by atoms with Crippen LogP contribution in [0, 0.1) is 12.8 Å². The van der Waals surface area contributed by atoms with Crippen LogP contribution >= 0.6 is 0 Å². The number of carbonyl (C=O) groups is 1. The molecule has 0 aliphatic carbocycles. The minimum absolute atomic E-state index is 0.102. The first-order chi connectivity index (χ1) is 12.0. The van der Waals surface area contributed by atoms with Gasteiger partial charge in [-0.15, -0.1) is 0 Å². The smallest absolute Gasteiger partial charge is 0.317 e. The molecule has 2 heterocycles. The number of para-hydroxylation sites is 1. The van der Waals surface area contributed by atoms with Crippen molar-refractivity contribution in [2.75, 3.05) is 13.6 Å². The van der Waals surface area contributed by atoms with Crippen molar-refractivity contribution in [3.8, 4) is 0 Å². The van der Waals surface area contributed by atoms with Crippen LogP contribution in [-0.4, -0.2) is 34.1 Å². The minimum Gasteiger partial charge on any atom is -0.459 e. The van der Waals surface area contributed by atoms with Gasteiger partial charge in [-0.1, -0.05) is 25.1 Å². The largest absolute Gasteiger partial charge is 0.459 e. The summed E-state index contributed by atoms with van der Waals surface area (Å²) in [7, 11) is 1.77. The van der Waals surface area contributed by atoms with Crippen molar-refractivity contribution in [2.24, 2.45) is 5.92 Å². The van der Waals surface area contributed by atoms with Crippen molar-refractivity contribution in [3.05, 3.63) is 54.3 Å². The van der Waals surface area contributed by atoms with Crippen LogP contribution in [0.25, 0.3) is 11.0 Å². The number of fused-ring (bicyclic) bond motifs is 1. The summed E-state index contributed by atoms with van der Waals surface area (Å²) in [6, 6.07) is 9.72. The number of rotatable bonds is 6. The van der Waals surface area contributed by atoms with E-state index in [0.29, 0.717) is 19.0 Å². The highest BCUT2D eigenvalue weighted by atomic mass is 16.3. The predicted octanol–water partition coefficient (Wildman–Crippen LogP) is 3.42. The SMILES string of the molecule is Cc1nccn1CC(C)CNC(=O)N(C)Cc1cc2ccccc2o1. The highest BCUT2D eigenvalue weighted by Gasteiger charge is 2.13. The van der Waals surface area contributed by atoms with Gasteiger partial charge in [0.05, 0.1) is 6.54 Å². The Kier molecular flexibility index (Phi) is 5.07. The molecule has 25 heavy (non-hydrogen) atoms. The van der Waals surface area contributed by atoms with Gasteiger partial charge in [0, 0.05) is 37.9 Å². The van der Waals surface area contributed by atoms with Gasteiger partial charge in [0.1, 0.15) is 17.2 Å². The number of carbonyl (C=O) groups excluding carboxylic acids is 1. The fourth-order valence-corrected chi connectivity index (χ4v) is 2.81. The van der Waals surface area contributed by atoms with E-state index >= 15 is 0 Å². The van der Waals surface area contributed by atoms with Crippen molar-refractivity contribution in [1.29, 1.82) is 0 Å².